The van der Waals surface area contributed by atoms with Crippen molar-refractivity contribution in [2.45, 2.75) is 19.8 Å². The molecule has 0 aliphatic heterocycles. The summed E-state index contributed by atoms with van der Waals surface area (Å²) >= 11 is 0. The lowest BCUT2D eigenvalue weighted by Gasteiger charge is -2.06. The molecule has 0 saturated carbocycles. The van der Waals surface area contributed by atoms with Crippen LogP contribution in [0.3, 0.4) is 0 Å². The fourth-order valence-corrected chi connectivity index (χ4v) is 1.40. The average Bonchev–Trinajstić information content (AvgIpc) is 2.32. The maximum absolute atomic E-state index is 11.1. The number of carbonyl (C=O) groups excluding carboxylic acids is 1. The minimum absolute atomic E-state index is 0.229. The van der Waals surface area contributed by atoms with Gasteiger partial charge in [-0.25, -0.2) is 0 Å². The third kappa shape index (κ3) is 5.36. The van der Waals surface area contributed by atoms with E-state index in [1.807, 2.05) is 24.3 Å². The molecule has 1 aromatic rings. The molecule has 0 aliphatic rings. The molecule has 0 bridgehead atoms. The van der Waals surface area contributed by atoms with Crippen LogP contribution in [0.25, 0.3) is 0 Å². The minimum Gasteiger partial charge on any atom is -0.493 e. The van der Waals surface area contributed by atoms with Crippen LogP contribution in [0.1, 0.15) is 18.9 Å². The van der Waals surface area contributed by atoms with Crippen LogP contribution < -0.4 is 10.5 Å². The van der Waals surface area contributed by atoms with Gasteiger partial charge in [0.1, 0.15) is 5.75 Å². The van der Waals surface area contributed by atoms with Gasteiger partial charge < -0.3 is 15.2 Å². The van der Waals surface area contributed by atoms with E-state index in [2.05, 4.69) is 0 Å². The molecule has 0 saturated heterocycles. The van der Waals surface area contributed by atoms with Crippen molar-refractivity contribution >= 4 is 5.97 Å². The van der Waals surface area contributed by atoms with Gasteiger partial charge in [0.2, 0.25) is 0 Å². The average molecular weight is 237 g/mol. The number of hydrogen-bond acceptors (Lipinski definition) is 4. The second kappa shape index (κ2) is 7.68. The van der Waals surface area contributed by atoms with E-state index in [0.717, 1.165) is 12.2 Å². The van der Waals surface area contributed by atoms with Gasteiger partial charge in [-0.3, -0.25) is 4.79 Å². The highest BCUT2D eigenvalue weighted by atomic mass is 16.5. The normalized spacial score (nSPS) is 10.0. The largest absolute Gasteiger partial charge is 0.493 e. The molecule has 0 heterocycles. The maximum Gasteiger partial charge on any atom is 0.309 e. The van der Waals surface area contributed by atoms with Gasteiger partial charge in [0.05, 0.1) is 19.6 Å². The number of carbonyl (C=O) groups is 1. The molecule has 4 nitrogen and oxygen atoms in total. The highest BCUT2D eigenvalue weighted by molar-refractivity contribution is 5.69. The van der Waals surface area contributed by atoms with Crippen LogP contribution >= 0.6 is 0 Å². The monoisotopic (exact) mass is 237 g/mol. The quantitative estimate of drug-likeness (QED) is 0.730. The smallest absolute Gasteiger partial charge is 0.309 e. The molecule has 4 heteroatoms. The number of benzene rings is 1. The molecule has 0 fully saturated rings. The molecular weight excluding hydrogens is 218 g/mol. The zero-order valence-corrected chi connectivity index (χ0v) is 10.1. The first-order valence-corrected chi connectivity index (χ1v) is 5.83. The Morgan fingerprint density at radius 3 is 2.59 bits per heavy atom. The number of ether oxygens (including phenoxy) is 2. The van der Waals surface area contributed by atoms with Gasteiger partial charge >= 0.3 is 5.97 Å². The van der Waals surface area contributed by atoms with Crippen molar-refractivity contribution in [2.24, 2.45) is 5.73 Å². The molecule has 0 aliphatic carbocycles. The van der Waals surface area contributed by atoms with E-state index in [4.69, 9.17) is 15.2 Å². The van der Waals surface area contributed by atoms with Crippen LogP contribution in [0.2, 0.25) is 0 Å². The molecule has 0 unspecified atom stereocenters. The van der Waals surface area contributed by atoms with Crippen molar-refractivity contribution in [1.82, 2.24) is 0 Å². The number of rotatable bonds is 7. The van der Waals surface area contributed by atoms with Gasteiger partial charge in [-0.15, -0.1) is 0 Å². The van der Waals surface area contributed by atoms with Gasteiger partial charge in [0.15, 0.2) is 0 Å². The molecule has 0 amide bonds. The molecule has 1 aromatic carbocycles. The number of esters is 1. The van der Waals surface area contributed by atoms with Crippen molar-refractivity contribution < 1.29 is 14.3 Å². The predicted octanol–water partition coefficient (Wildman–Crippen LogP) is 1.52. The standard InChI is InChI=1S/C13H19NO3/c1-2-16-13(15)8-10-17-12-5-3-11(4-6-12)7-9-14/h3-6H,2,7-10,14H2,1H3. The summed E-state index contributed by atoms with van der Waals surface area (Å²) in [4.78, 5) is 11.1. The summed E-state index contributed by atoms with van der Waals surface area (Å²) in [6.07, 6.45) is 1.14. The second-order valence-corrected chi connectivity index (χ2v) is 3.59. The van der Waals surface area contributed by atoms with Crippen molar-refractivity contribution in [2.75, 3.05) is 19.8 Å². The van der Waals surface area contributed by atoms with Crippen LogP contribution in [-0.4, -0.2) is 25.7 Å². The summed E-state index contributed by atoms with van der Waals surface area (Å²) in [6.45, 7) is 3.18. The van der Waals surface area contributed by atoms with E-state index in [1.54, 1.807) is 6.92 Å². The van der Waals surface area contributed by atoms with Crippen molar-refractivity contribution in [1.29, 1.82) is 0 Å². The molecule has 0 spiro atoms. The Balaban J connectivity index is 2.29. The van der Waals surface area contributed by atoms with Crippen molar-refractivity contribution in [3.05, 3.63) is 29.8 Å². The zero-order valence-electron chi connectivity index (χ0n) is 10.1. The van der Waals surface area contributed by atoms with Gasteiger partial charge in [-0.1, -0.05) is 12.1 Å². The van der Waals surface area contributed by atoms with Gasteiger partial charge in [-0.2, -0.15) is 0 Å². The summed E-state index contributed by atoms with van der Waals surface area (Å²) in [5, 5.41) is 0. The SMILES string of the molecule is CCOC(=O)CCOc1ccc(CCN)cc1. The Labute approximate surface area is 102 Å². The highest BCUT2D eigenvalue weighted by Crippen LogP contribution is 2.12. The van der Waals surface area contributed by atoms with Crippen molar-refractivity contribution in [3.63, 3.8) is 0 Å². The Kier molecular flexibility index (Phi) is 6.10. The van der Waals surface area contributed by atoms with Gasteiger partial charge in [0.25, 0.3) is 0 Å². The van der Waals surface area contributed by atoms with Crippen LogP contribution in [-0.2, 0) is 16.0 Å². The van der Waals surface area contributed by atoms with E-state index in [0.29, 0.717) is 19.8 Å². The fourth-order valence-electron chi connectivity index (χ4n) is 1.40. The van der Waals surface area contributed by atoms with E-state index >= 15 is 0 Å². The third-order valence-corrected chi connectivity index (χ3v) is 2.24. The first-order chi connectivity index (χ1) is 8.26. The molecule has 0 radical (unpaired) electrons. The molecule has 0 aromatic heterocycles. The third-order valence-electron chi connectivity index (χ3n) is 2.24. The highest BCUT2D eigenvalue weighted by Gasteiger charge is 2.02. The van der Waals surface area contributed by atoms with Crippen molar-refractivity contribution in [3.8, 4) is 5.75 Å². The lowest BCUT2D eigenvalue weighted by atomic mass is 10.1. The summed E-state index contributed by atoms with van der Waals surface area (Å²) in [5.41, 5.74) is 6.64. The number of nitrogens with two attached hydrogens (primary N) is 1. The molecule has 94 valence electrons. The van der Waals surface area contributed by atoms with E-state index in [9.17, 15) is 4.79 Å². The number of hydrogen-bond donors (Lipinski definition) is 1. The Morgan fingerprint density at radius 1 is 1.29 bits per heavy atom. The lowest BCUT2D eigenvalue weighted by Crippen LogP contribution is -2.09. The summed E-state index contributed by atoms with van der Waals surface area (Å²) < 4.78 is 10.2. The van der Waals surface area contributed by atoms with Crippen LogP contribution in [0.5, 0.6) is 5.75 Å². The topological polar surface area (TPSA) is 61.5 Å². The Morgan fingerprint density at radius 2 is 2.00 bits per heavy atom. The Bertz CT molecular complexity index is 335. The van der Waals surface area contributed by atoms with Crippen LogP contribution in [0.4, 0.5) is 0 Å². The molecular formula is C13H19NO3. The Hall–Kier alpha value is -1.55. The minimum atomic E-state index is -0.229. The first kappa shape index (κ1) is 13.5. The molecule has 2 N–H and O–H groups in total. The summed E-state index contributed by atoms with van der Waals surface area (Å²) in [6, 6.07) is 7.73. The lowest BCUT2D eigenvalue weighted by molar-refractivity contribution is -0.143. The van der Waals surface area contributed by atoms with Crippen LogP contribution in [0, 0.1) is 0 Å². The van der Waals surface area contributed by atoms with E-state index in [1.165, 1.54) is 5.56 Å². The van der Waals surface area contributed by atoms with Gasteiger partial charge in [0, 0.05) is 0 Å². The predicted molar refractivity (Wildman–Crippen MR) is 65.9 cm³/mol. The molecule has 17 heavy (non-hydrogen) atoms. The zero-order chi connectivity index (χ0) is 12.5. The fraction of sp³-hybridized carbons (Fsp3) is 0.462. The first-order valence-electron chi connectivity index (χ1n) is 5.83. The second-order valence-electron chi connectivity index (χ2n) is 3.59. The molecule has 1 rings (SSSR count). The maximum atomic E-state index is 11.1. The summed E-state index contributed by atoms with van der Waals surface area (Å²) in [5.74, 6) is 0.530. The van der Waals surface area contributed by atoms with E-state index < -0.39 is 0 Å². The molecule has 0 atom stereocenters. The summed E-state index contributed by atoms with van der Waals surface area (Å²) in [7, 11) is 0. The van der Waals surface area contributed by atoms with E-state index in [-0.39, 0.29) is 12.4 Å². The van der Waals surface area contributed by atoms with Gasteiger partial charge in [-0.05, 0) is 37.6 Å². The van der Waals surface area contributed by atoms with Crippen LogP contribution in [0.15, 0.2) is 24.3 Å².